The second-order valence-electron chi connectivity index (χ2n) is 4.00. The maximum atomic E-state index is 5.50. The first-order chi connectivity index (χ1) is 8.28. The van der Waals surface area contributed by atoms with E-state index in [2.05, 4.69) is 21.4 Å². The third-order valence-electron chi connectivity index (χ3n) is 2.50. The normalized spacial score (nSPS) is 10.7. The van der Waals surface area contributed by atoms with E-state index in [4.69, 9.17) is 4.42 Å². The van der Waals surface area contributed by atoms with Crippen LogP contribution in [0, 0.1) is 6.92 Å². The molecule has 0 bridgehead atoms. The molecule has 2 heterocycles. The minimum atomic E-state index is 0.634. The Hall–Kier alpha value is -1.68. The molecule has 2 aromatic heterocycles. The van der Waals surface area contributed by atoms with E-state index in [-0.39, 0.29) is 0 Å². The van der Waals surface area contributed by atoms with Gasteiger partial charge in [-0.15, -0.1) is 0 Å². The Morgan fingerprint density at radius 3 is 2.71 bits per heavy atom. The molecular weight excluding hydrogens is 214 g/mol. The van der Waals surface area contributed by atoms with Gasteiger partial charge in [0.05, 0.1) is 18.4 Å². The summed E-state index contributed by atoms with van der Waals surface area (Å²) < 4.78 is 5.50. The summed E-state index contributed by atoms with van der Waals surface area (Å²) in [5.41, 5.74) is 2.20. The van der Waals surface area contributed by atoms with Crippen molar-refractivity contribution in [1.29, 1.82) is 0 Å². The zero-order valence-corrected chi connectivity index (χ0v) is 10.2. The summed E-state index contributed by atoms with van der Waals surface area (Å²) in [7, 11) is 0. The molecular formula is C13H17N3O. The molecule has 0 saturated heterocycles. The highest BCUT2D eigenvalue weighted by atomic mass is 16.4. The summed E-state index contributed by atoms with van der Waals surface area (Å²) in [5.74, 6) is 1.66. The Balaban J connectivity index is 1.81. The van der Waals surface area contributed by atoms with Gasteiger partial charge in [0.15, 0.2) is 0 Å². The lowest BCUT2D eigenvalue weighted by Crippen LogP contribution is -2.13. The average molecular weight is 231 g/mol. The lowest BCUT2D eigenvalue weighted by atomic mass is 10.3. The van der Waals surface area contributed by atoms with Crippen molar-refractivity contribution in [2.75, 3.05) is 0 Å². The van der Waals surface area contributed by atoms with Gasteiger partial charge in [0.1, 0.15) is 5.76 Å². The van der Waals surface area contributed by atoms with E-state index in [1.165, 1.54) is 5.56 Å². The zero-order valence-electron chi connectivity index (χ0n) is 10.2. The fraction of sp³-hybridized carbons (Fsp3) is 0.385. The summed E-state index contributed by atoms with van der Waals surface area (Å²) >= 11 is 0. The molecule has 0 radical (unpaired) electrons. The molecule has 0 fully saturated rings. The summed E-state index contributed by atoms with van der Waals surface area (Å²) in [4.78, 5) is 8.50. The van der Waals surface area contributed by atoms with E-state index in [0.717, 1.165) is 30.3 Å². The van der Waals surface area contributed by atoms with Gasteiger partial charge in [-0.05, 0) is 18.6 Å². The molecule has 90 valence electrons. The molecule has 0 amide bonds. The van der Waals surface area contributed by atoms with Crippen LogP contribution in [0.1, 0.15) is 29.8 Å². The average Bonchev–Trinajstić information content (AvgIpc) is 2.80. The second kappa shape index (κ2) is 5.59. The maximum Gasteiger partial charge on any atom is 0.208 e. The molecule has 2 aromatic rings. The van der Waals surface area contributed by atoms with Gasteiger partial charge < -0.3 is 9.73 Å². The molecule has 0 aliphatic carbocycles. The number of hydrogen-bond donors (Lipinski definition) is 1. The number of nitrogens with zero attached hydrogens (tertiary/aromatic N) is 2. The van der Waals surface area contributed by atoms with Crippen LogP contribution in [0.3, 0.4) is 0 Å². The van der Waals surface area contributed by atoms with Crippen molar-refractivity contribution in [1.82, 2.24) is 15.3 Å². The largest absolute Gasteiger partial charge is 0.444 e. The molecule has 0 aliphatic heterocycles. The Morgan fingerprint density at radius 1 is 1.18 bits per heavy atom. The lowest BCUT2D eigenvalue weighted by Gasteiger charge is -2.02. The Labute approximate surface area is 101 Å². The van der Waals surface area contributed by atoms with Crippen molar-refractivity contribution in [3.05, 3.63) is 47.4 Å². The van der Waals surface area contributed by atoms with Crippen LogP contribution in [0.5, 0.6) is 0 Å². The van der Waals surface area contributed by atoms with E-state index in [9.17, 15) is 0 Å². The molecule has 17 heavy (non-hydrogen) atoms. The Bertz CT molecular complexity index is 462. The minimum Gasteiger partial charge on any atom is -0.444 e. The lowest BCUT2D eigenvalue weighted by molar-refractivity contribution is 0.438. The number of nitrogens with one attached hydrogen (secondary N) is 1. The van der Waals surface area contributed by atoms with E-state index in [1.54, 1.807) is 6.20 Å². The molecule has 0 spiro atoms. The van der Waals surface area contributed by atoms with Crippen LogP contribution in [-0.2, 0) is 19.5 Å². The van der Waals surface area contributed by atoms with E-state index >= 15 is 0 Å². The summed E-state index contributed by atoms with van der Waals surface area (Å²) in [5, 5.41) is 3.26. The van der Waals surface area contributed by atoms with Gasteiger partial charge in [-0.3, -0.25) is 4.98 Å². The number of aromatic nitrogens is 2. The van der Waals surface area contributed by atoms with Crippen LogP contribution in [0.25, 0.3) is 0 Å². The first kappa shape index (κ1) is 11.8. The molecule has 0 saturated carbocycles. The number of pyridine rings is 1. The maximum absolute atomic E-state index is 5.50. The van der Waals surface area contributed by atoms with Crippen LogP contribution in [-0.4, -0.2) is 9.97 Å². The molecule has 0 aromatic carbocycles. The highest BCUT2D eigenvalue weighted by Crippen LogP contribution is 2.04. The zero-order chi connectivity index (χ0) is 12.1. The third kappa shape index (κ3) is 3.39. The standard InChI is InChI=1S/C13H17N3O/c1-3-12-8-16-13(17-12)9-14-7-11-5-4-10(2)6-15-11/h4-6,8,14H,3,7,9H2,1-2H3. The summed E-state index contributed by atoms with van der Waals surface area (Å²) in [6, 6.07) is 4.08. The topological polar surface area (TPSA) is 51.0 Å². The number of aryl methyl sites for hydroxylation is 2. The molecule has 4 nitrogen and oxygen atoms in total. The van der Waals surface area contributed by atoms with Crippen LogP contribution >= 0.6 is 0 Å². The predicted octanol–water partition coefficient (Wildman–Crippen LogP) is 2.23. The molecule has 2 rings (SSSR count). The van der Waals surface area contributed by atoms with Gasteiger partial charge in [0.2, 0.25) is 5.89 Å². The molecule has 0 unspecified atom stereocenters. The molecule has 0 atom stereocenters. The third-order valence-corrected chi connectivity index (χ3v) is 2.50. The summed E-state index contributed by atoms with van der Waals surface area (Å²) in [6.07, 6.45) is 4.53. The quantitative estimate of drug-likeness (QED) is 0.857. The Morgan fingerprint density at radius 2 is 2.06 bits per heavy atom. The van der Waals surface area contributed by atoms with Crippen molar-refractivity contribution < 1.29 is 4.42 Å². The first-order valence-electron chi connectivity index (χ1n) is 5.83. The van der Waals surface area contributed by atoms with Gasteiger partial charge in [0, 0.05) is 19.2 Å². The van der Waals surface area contributed by atoms with Crippen LogP contribution < -0.4 is 5.32 Å². The Kier molecular flexibility index (Phi) is 3.88. The van der Waals surface area contributed by atoms with Crippen LogP contribution in [0.2, 0.25) is 0 Å². The van der Waals surface area contributed by atoms with Crippen molar-refractivity contribution in [2.45, 2.75) is 33.4 Å². The number of oxazole rings is 1. The molecule has 4 heteroatoms. The van der Waals surface area contributed by atoms with Gasteiger partial charge in [-0.1, -0.05) is 13.0 Å². The van der Waals surface area contributed by atoms with Crippen molar-refractivity contribution >= 4 is 0 Å². The number of hydrogen-bond acceptors (Lipinski definition) is 4. The SMILES string of the molecule is CCc1cnc(CNCc2ccc(C)cn2)o1. The van der Waals surface area contributed by atoms with Crippen LogP contribution in [0.4, 0.5) is 0 Å². The monoisotopic (exact) mass is 231 g/mol. The van der Waals surface area contributed by atoms with Gasteiger partial charge >= 0.3 is 0 Å². The smallest absolute Gasteiger partial charge is 0.208 e. The van der Waals surface area contributed by atoms with Crippen molar-refractivity contribution in [2.24, 2.45) is 0 Å². The highest BCUT2D eigenvalue weighted by Gasteiger charge is 2.01. The first-order valence-corrected chi connectivity index (χ1v) is 5.83. The predicted molar refractivity (Wildman–Crippen MR) is 65.4 cm³/mol. The fourth-order valence-corrected chi connectivity index (χ4v) is 1.49. The van der Waals surface area contributed by atoms with Crippen LogP contribution in [0.15, 0.2) is 28.9 Å². The fourth-order valence-electron chi connectivity index (χ4n) is 1.49. The van der Waals surface area contributed by atoms with Gasteiger partial charge in [-0.25, -0.2) is 4.98 Å². The molecule has 1 N–H and O–H groups in total. The second-order valence-corrected chi connectivity index (χ2v) is 4.00. The minimum absolute atomic E-state index is 0.634. The van der Waals surface area contributed by atoms with E-state index in [0.29, 0.717) is 6.54 Å². The molecule has 0 aliphatic rings. The van der Waals surface area contributed by atoms with Gasteiger partial charge in [-0.2, -0.15) is 0 Å². The highest BCUT2D eigenvalue weighted by molar-refractivity contribution is 5.11. The van der Waals surface area contributed by atoms with Crippen molar-refractivity contribution in [3.63, 3.8) is 0 Å². The number of rotatable bonds is 5. The van der Waals surface area contributed by atoms with Crippen molar-refractivity contribution in [3.8, 4) is 0 Å². The van der Waals surface area contributed by atoms with E-state index in [1.807, 2.05) is 26.1 Å². The van der Waals surface area contributed by atoms with Gasteiger partial charge in [0.25, 0.3) is 0 Å². The summed E-state index contributed by atoms with van der Waals surface area (Å²) in [6.45, 7) is 5.44. The van der Waals surface area contributed by atoms with E-state index < -0.39 is 0 Å².